The number of thiazole rings is 1. The average Bonchev–Trinajstić information content (AvgIpc) is 3.41. The first kappa shape index (κ1) is 21.8. The summed E-state index contributed by atoms with van der Waals surface area (Å²) in [6.07, 6.45) is 0. The molecule has 11 heteroatoms. The SMILES string of the molecule is CN(Cc1csc(NC(=O)NCc2cccc(F)c2)n1)C(=O)c1cc(Cl)c2c(c1)OCO2. The van der Waals surface area contributed by atoms with Gasteiger partial charge < -0.3 is 19.7 Å². The van der Waals surface area contributed by atoms with Gasteiger partial charge in [-0.05, 0) is 29.8 Å². The number of nitrogens with zero attached hydrogens (tertiary/aromatic N) is 2. The number of benzene rings is 2. The van der Waals surface area contributed by atoms with E-state index in [4.69, 9.17) is 21.1 Å². The Balaban J connectivity index is 1.32. The number of halogens is 2. The minimum Gasteiger partial charge on any atom is -0.454 e. The van der Waals surface area contributed by atoms with Crippen LogP contribution in [0.2, 0.25) is 5.02 Å². The molecule has 2 aromatic carbocycles. The second-order valence-electron chi connectivity index (χ2n) is 6.93. The molecule has 0 radical (unpaired) electrons. The summed E-state index contributed by atoms with van der Waals surface area (Å²) < 4.78 is 23.8. The molecule has 1 aliphatic heterocycles. The van der Waals surface area contributed by atoms with Gasteiger partial charge in [0, 0.05) is 24.5 Å². The van der Waals surface area contributed by atoms with Gasteiger partial charge in [-0.25, -0.2) is 14.2 Å². The summed E-state index contributed by atoms with van der Waals surface area (Å²) in [6, 6.07) is 8.63. The Morgan fingerprint density at radius 3 is 2.94 bits per heavy atom. The minimum absolute atomic E-state index is 0.0625. The number of rotatable bonds is 6. The van der Waals surface area contributed by atoms with E-state index in [1.807, 2.05) is 0 Å². The molecule has 0 atom stereocenters. The summed E-state index contributed by atoms with van der Waals surface area (Å²) in [7, 11) is 1.64. The van der Waals surface area contributed by atoms with Crippen molar-refractivity contribution in [1.82, 2.24) is 15.2 Å². The fourth-order valence-electron chi connectivity index (χ4n) is 3.03. The first-order valence-corrected chi connectivity index (χ1v) is 10.7. The Kier molecular flexibility index (Phi) is 6.42. The van der Waals surface area contributed by atoms with Crippen molar-refractivity contribution in [3.8, 4) is 11.5 Å². The number of nitrogens with one attached hydrogen (secondary N) is 2. The monoisotopic (exact) mass is 476 g/mol. The van der Waals surface area contributed by atoms with Crippen LogP contribution in [0, 0.1) is 5.82 Å². The van der Waals surface area contributed by atoms with E-state index >= 15 is 0 Å². The third-order valence-electron chi connectivity index (χ3n) is 4.53. The van der Waals surface area contributed by atoms with Crippen molar-refractivity contribution in [2.24, 2.45) is 0 Å². The predicted octanol–water partition coefficient (Wildman–Crippen LogP) is 4.26. The van der Waals surface area contributed by atoms with Gasteiger partial charge in [0.15, 0.2) is 16.6 Å². The van der Waals surface area contributed by atoms with Gasteiger partial charge in [-0.1, -0.05) is 23.7 Å². The number of fused-ring (bicyclic) bond motifs is 1. The number of ether oxygens (including phenoxy) is 2. The lowest BCUT2D eigenvalue weighted by Crippen LogP contribution is -2.28. The van der Waals surface area contributed by atoms with Crippen LogP contribution in [0.1, 0.15) is 21.6 Å². The molecule has 32 heavy (non-hydrogen) atoms. The lowest BCUT2D eigenvalue weighted by atomic mass is 10.1. The van der Waals surface area contributed by atoms with Crippen molar-refractivity contribution >= 4 is 40.0 Å². The predicted molar refractivity (Wildman–Crippen MR) is 118 cm³/mol. The van der Waals surface area contributed by atoms with E-state index < -0.39 is 6.03 Å². The van der Waals surface area contributed by atoms with Gasteiger partial charge >= 0.3 is 6.03 Å². The topological polar surface area (TPSA) is 92.8 Å². The fourth-order valence-corrected chi connectivity index (χ4v) is 4.00. The molecule has 2 N–H and O–H groups in total. The number of hydrogen-bond donors (Lipinski definition) is 2. The Bertz CT molecular complexity index is 1170. The Morgan fingerprint density at radius 2 is 2.12 bits per heavy atom. The molecule has 0 unspecified atom stereocenters. The van der Waals surface area contributed by atoms with Crippen LogP contribution in [0.4, 0.5) is 14.3 Å². The van der Waals surface area contributed by atoms with Crippen LogP contribution in [-0.2, 0) is 13.1 Å². The molecule has 4 rings (SSSR count). The van der Waals surface area contributed by atoms with Crippen LogP contribution < -0.4 is 20.1 Å². The highest BCUT2D eigenvalue weighted by molar-refractivity contribution is 7.13. The number of anilines is 1. The molecule has 0 spiro atoms. The Morgan fingerprint density at radius 1 is 1.28 bits per heavy atom. The molecule has 0 bridgehead atoms. The summed E-state index contributed by atoms with van der Waals surface area (Å²) in [5, 5.41) is 7.70. The van der Waals surface area contributed by atoms with Crippen LogP contribution in [0.25, 0.3) is 0 Å². The van der Waals surface area contributed by atoms with Gasteiger partial charge in [0.25, 0.3) is 5.91 Å². The lowest BCUT2D eigenvalue weighted by molar-refractivity contribution is 0.0783. The minimum atomic E-state index is -0.463. The highest BCUT2D eigenvalue weighted by Crippen LogP contribution is 2.40. The number of aromatic nitrogens is 1. The van der Waals surface area contributed by atoms with Gasteiger partial charge in [-0.3, -0.25) is 10.1 Å². The summed E-state index contributed by atoms with van der Waals surface area (Å²) in [6.45, 7) is 0.470. The fraction of sp³-hybridized carbons (Fsp3) is 0.190. The van der Waals surface area contributed by atoms with E-state index in [2.05, 4.69) is 15.6 Å². The molecule has 8 nitrogen and oxygen atoms in total. The van der Waals surface area contributed by atoms with E-state index in [0.717, 1.165) is 0 Å². The molecule has 1 aromatic heterocycles. The van der Waals surface area contributed by atoms with Crippen molar-refractivity contribution in [3.05, 3.63) is 69.4 Å². The smallest absolute Gasteiger partial charge is 0.321 e. The van der Waals surface area contributed by atoms with Crippen molar-refractivity contribution < 1.29 is 23.5 Å². The van der Waals surface area contributed by atoms with E-state index in [9.17, 15) is 14.0 Å². The Hall–Kier alpha value is -3.37. The molecule has 3 amide bonds. The molecule has 1 aliphatic rings. The standard InChI is InChI=1S/C21H18ClFN4O4S/c1-27(19(28)13-6-16(22)18-17(7-13)30-11-31-18)9-15-10-32-21(25-15)26-20(29)24-8-12-3-2-4-14(23)5-12/h2-7,10H,8-9,11H2,1H3,(H2,24,25,26,29). The molecule has 0 fully saturated rings. The van der Waals surface area contributed by atoms with Gasteiger partial charge in [-0.15, -0.1) is 11.3 Å². The van der Waals surface area contributed by atoms with Crippen LogP contribution in [-0.4, -0.2) is 35.7 Å². The van der Waals surface area contributed by atoms with Crippen molar-refractivity contribution in [1.29, 1.82) is 0 Å². The van der Waals surface area contributed by atoms with E-state index in [1.165, 1.54) is 34.4 Å². The molecule has 0 saturated carbocycles. The number of carbonyl (C=O) groups excluding carboxylic acids is 2. The van der Waals surface area contributed by atoms with Crippen LogP contribution >= 0.6 is 22.9 Å². The maximum atomic E-state index is 13.2. The van der Waals surface area contributed by atoms with Crippen molar-refractivity contribution in [3.63, 3.8) is 0 Å². The normalized spacial score (nSPS) is 11.8. The zero-order chi connectivity index (χ0) is 22.7. The zero-order valence-corrected chi connectivity index (χ0v) is 18.4. The molecule has 2 heterocycles. The Labute approximate surface area is 191 Å². The first-order chi connectivity index (χ1) is 15.4. The molecule has 0 aliphatic carbocycles. The second-order valence-corrected chi connectivity index (χ2v) is 8.20. The third kappa shape index (κ3) is 5.09. The zero-order valence-electron chi connectivity index (χ0n) is 16.9. The molecular weight excluding hydrogens is 459 g/mol. The quantitative estimate of drug-likeness (QED) is 0.554. The van der Waals surface area contributed by atoms with E-state index in [-0.39, 0.29) is 31.6 Å². The second kappa shape index (κ2) is 9.41. The van der Waals surface area contributed by atoms with Crippen molar-refractivity contribution in [2.45, 2.75) is 13.1 Å². The highest BCUT2D eigenvalue weighted by atomic mass is 35.5. The molecule has 0 saturated heterocycles. The van der Waals surface area contributed by atoms with Crippen molar-refractivity contribution in [2.75, 3.05) is 19.2 Å². The molecule has 166 valence electrons. The number of carbonyl (C=O) groups is 2. The largest absolute Gasteiger partial charge is 0.454 e. The van der Waals surface area contributed by atoms with E-state index in [0.29, 0.717) is 38.5 Å². The summed E-state index contributed by atoms with van der Waals surface area (Å²) >= 11 is 7.39. The van der Waals surface area contributed by atoms with Crippen LogP contribution in [0.3, 0.4) is 0 Å². The van der Waals surface area contributed by atoms with Gasteiger partial charge in [-0.2, -0.15) is 0 Å². The lowest BCUT2D eigenvalue weighted by Gasteiger charge is -2.16. The van der Waals surface area contributed by atoms with E-state index in [1.54, 1.807) is 30.6 Å². The van der Waals surface area contributed by atoms with Gasteiger partial charge in [0.1, 0.15) is 5.82 Å². The number of urea groups is 1. The maximum absolute atomic E-state index is 13.2. The number of hydrogen-bond acceptors (Lipinski definition) is 6. The van der Waals surface area contributed by atoms with Gasteiger partial charge in [0.2, 0.25) is 6.79 Å². The third-order valence-corrected chi connectivity index (χ3v) is 5.62. The first-order valence-electron chi connectivity index (χ1n) is 9.47. The summed E-state index contributed by atoms with van der Waals surface area (Å²) in [4.78, 5) is 30.7. The summed E-state index contributed by atoms with van der Waals surface area (Å²) in [5.74, 6) is 0.229. The highest BCUT2D eigenvalue weighted by Gasteiger charge is 2.22. The van der Waals surface area contributed by atoms with Gasteiger partial charge in [0.05, 0.1) is 17.3 Å². The van der Waals surface area contributed by atoms with Crippen LogP contribution in [0.5, 0.6) is 11.5 Å². The average molecular weight is 477 g/mol. The molecular formula is C21H18ClFN4O4S. The summed E-state index contributed by atoms with van der Waals surface area (Å²) in [5.41, 5.74) is 1.62. The molecule has 3 aromatic rings. The maximum Gasteiger partial charge on any atom is 0.321 e. The van der Waals surface area contributed by atoms with Crippen LogP contribution in [0.15, 0.2) is 41.8 Å². The number of amides is 3.